The molecule has 0 bridgehead atoms. The largest absolute Gasteiger partial charge is 0.461 e. The summed E-state index contributed by atoms with van der Waals surface area (Å²) >= 11 is 0. The lowest BCUT2D eigenvalue weighted by Gasteiger charge is -2.41. The fraction of sp³-hybridized carbons (Fsp3) is 0.562. The third-order valence-electron chi connectivity index (χ3n) is 9.51. The molecule has 2 saturated heterocycles. The number of nitrogens with zero attached hydrogens (tertiary/aromatic N) is 7. The molecule has 1 aromatic carbocycles. The number of amides is 1. The van der Waals surface area contributed by atoms with Crippen molar-refractivity contribution in [2.75, 3.05) is 62.2 Å². The number of hydrogen-bond acceptors (Lipinski definition) is 7. The number of piperazine rings is 1. The summed E-state index contributed by atoms with van der Waals surface area (Å²) in [5.74, 6) is 0.467. The minimum atomic E-state index is -4.49. The Morgan fingerprint density at radius 1 is 1.16 bits per heavy atom. The molecule has 0 spiro atoms. The van der Waals surface area contributed by atoms with Crippen molar-refractivity contribution in [2.24, 2.45) is 0 Å². The lowest BCUT2D eigenvalue weighted by Crippen LogP contribution is -2.56. The van der Waals surface area contributed by atoms with Crippen LogP contribution in [0, 0.1) is 13.5 Å². The molecule has 234 valence electrons. The van der Waals surface area contributed by atoms with Gasteiger partial charge in [-0.05, 0) is 69.8 Å². The van der Waals surface area contributed by atoms with E-state index in [1.165, 1.54) is 38.0 Å². The fourth-order valence-electron chi connectivity index (χ4n) is 7.01. The first-order valence-corrected chi connectivity index (χ1v) is 15.3. The number of likely N-dealkylation sites (tertiary alicyclic amines) is 1. The highest BCUT2D eigenvalue weighted by Gasteiger charge is 2.49. The molecule has 1 amide bonds. The zero-order valence-corrected chi connectivity index (χ0v) is 25.1. The summed E-state index contributed by atoms with van der Waals surface area (Å²) in [7, 11) is 0. The molecule has 3 aliphatic heterocycles. The molecule has 4 heterocycles. The first-order valence-electron chi connectivity index (χ1n) is 15.3. The molecular weight excluding hydrogens is 571 g/mol. The third-order valence-corrected chi connectivity index (χ3v) is 9.51. The van der Waals surface area contributed by atoms with Crippen molar-refractivity contribution < 1.29 is 22.7 Å². The summed E-state index contributed by atoms with van der Waals surface area (Å²) < 4.78 is 48.8. The topological polar surface area (TPSA) is 69.4 Å². The van der Waals surface area contributed by atoms with E-state index in [0.717, 1.165) is 31.5 Å². The van der Waals surface area contributed by atoms with Crippen molar-refractivity contribution in [3.63, 3.8) is 0 Å². The van der Waals surface area contributed by atoms with E-state index in [1.54, 1.807) is 15.9 Å². The van der Waals surface area contributed by atoms with E-state index < -0.39 is 11.7 Å². The van der Waals surface area contributed by atoms with Crippen LogP contribution in [-0.4, -0.2) is 89.7 Å². The molecular formula is C32H38F3N7O2. The maximum absolute atomic E-state index is 14.2. The zero-order chi connectivity index (χ0) is 31.1. The van der Waals surface area contributed by atoms with Gasteiger partial charge in [0.2, 0.25) is 12.5 Å². The van der Waals surface area contributed by atoms with Crippen molar-refractivity contribution in [1.29, 1.82) is 0 Å². The quantitative estimate of drug-likeness (QED) is 0.323. The van der Waals surface area contributed by atoms with E-state index in [1.807, 2.05) is 0 Å². The molecule has 4 aliphatic rings. The van der Waals surface area contributed by atoms with E-state index >= 15 is 0 Å². The number of hydrogen-bond donors (Lipinski definition) is 0. The molecule has 44 heavy (non-hydrogen) atoms. The zero-order valence-electron chi connectivity index (χ0n) is 25.1. The van der Waals surface area contributed by atoms with Gasteiger partial charge in [-0.3, -0.25) is 9.69 Å². The monoisotopic (exact) mass is 609 g/mol. The van der Waals surface area contributed by atoms with Crippen molar-refractivity contribution in [1.82, 2.24) is 19.8 Å². The third kappa shape index (κ3) is 5.82. The predicted molar refractivity (Wildman–Crippen MR) is 161 cm³/mol. The normalized spacial score (nSPS) is 21.5. The van der Waals surface area contributed by atoms with Crippen LogP contribution >= 0.6 is 0 Å². The number of aryl methyl sites for hydroxylation is 1. The average Bonchev–Trinajstić information content (AvgIpc) is 3.59. The molecule has 1 aromatic heterocycles. The number of rotatable bonds is 8. The number of aromatic nitrogens is 2. The van der Waals surface area contributed by atoms with Crippen LogP contribution in [0.5, 0.6) is 6.01 Å². The van der Waals surface area contributed by atoms with Gasteiger partial charge in [0.15, 0.2) is 0 Å². The first-order chi connectivity index (χ1) is 21.1. The first kappa shape index (κ1) is 30.2. The van der Waals surface area contributed by atoms with Gasteiger partial charge in [0.05, 0.1) is 23.3 Å². The van der Waals surface area contributed by atoms with Gasteiger partial charge in [0.1, 0.15) is 18.5 Å². The SMILES string of the molecule is [C-]#[N+]C[C@H]1CN(c2nc(OCC3(N4CCCC4)CC3)nc3c2CCN(c2cccc(C)c2C(F)(F)F)C3)CCN1C(=O)C=C. The Morgan fingerprint density at radius 2 is 1.93 bits per heavy atom. The number of fused-ring (bicyclic) bond motifs is 1. The lowest BCUT2D eigenvalue weighted by atomic mass is 10.00. The Labute approximate surface area is 256 Å². The molecule has 1 aliphatic carbocycles. The summed E-state index contributed by atoms with van der Waals surface area (Å²) in [4.78, 5) is 33.8. The van der Waals surface area contributed by atoms with Crippen LogP contribution in [0.15, 0.2) is 30.9 Å². The van der Waals surface area contributed by atoms with Crippen LogP contribution in [0.2, 0.25) is 0 Å². The number of halogens is 3. The maximum Gasteiger partial charge on any atom is 0.418 e. The van der Waals surface area contributed by atoms with Gasteiger partial charge in [-0.1, -0.05) is 18.7 Å². The minimum Gasteiger partial charge on any atom is -0.461 e. The summed E-state index contributed by atoms with van der Waals surface area (Å²) in [5, 5.41) is 0. The Morgan fingerprint density at radius 3 is 2.61 bits per heavy atom. The molecule has 3 fully saturated rings. The van der Waals surface area contributed by atoms with Crippen LogP contribution in [0.4, 0.5) is 24.7 Å². The van der Waals surface area contributed by atoms with Crippen LogP contribution < -0.4 is 14.5 Å². The number of carbonyl (C=O) groups is 1. The van der Waals surface area contributed by atoms with Gasteiger partial charge < -0.3 is 24.3 Å². The number of anilines is 2. The van der Waals surface area contributed by atoms with Gasteiger partial charge in [-0.25, -0.2) is 6.57 Å². The van der Waals surface area contributed by atoms with E-state index in [4.69, 9.17) is 21.3 Å². The van der Waals surface area contributed by atoms with E-state index in [0.29, 0.717) is 50.7 Å². The van der Waals surface area contributed by atoms with E-state index in [2.05, 4.69) is 21.2 Å². The number of benzene rings is 1. The van der Waals surface area contributed by atoms with Gasteiger partial charge in [0, 0.05) is 37.4 Å². The number of ether oxygens (including phenoxy) is 1. The van der Waals surface area contributed by atoms with Crippen LogP contribution in [0.3, 0.4) is 0 Å². The van der Waals surface area contributed by atoms with Gasteiger partial charge >= 0.3 is 12.2 Å². The average molecular weight is 610 g/mol. The maximum atomic E-state index is 14.2. The molecule has 1 saturated carbocycles. The highest BCUT2D eigenvalue weighted by Crippen LogP contribution is 2.44. The molecule has 1 atom stereocenters. The highest BCUT2D eigenvalue weighted by atomic mass is 19.4. The Kier molecular flexibility index (Phi) is 8.18. The van der Waals surface area contributed by atoms with Gasteiger partial charge in [-0.15, -0.1) is 0 Å². The lowest BCUT2D eigenvalue weighted by molar-refractivity contribution is -0.137. The molecule has 2 aromatic rings. The van der Waals surface area contributed by atoms with Crippen molar-refractivity contribution in [2.45, 2.75) is 63.3 Å². The van der Waals surface area contributed by atoms with Crippen molar-refractivity contribution >= 4 is 17.4 Å². The second kappa shape index (κ2) is 11.9. The number of carbonyl (C=O) groups excluding carboxylic acids is 1. The van der Waals surface area contributed by atoms with Gasteiger partial charge in [-0.2, -0.15) is 23.1 Å². The standard InChI is InChI=1S/C32H38F3N7O2/c1-4-27(43)42-17-16-40(19-23(42)18-36-3)29-24-10-15-39(26-9-7-8-22(2)28(26)32(33,34)35)20-25(24)37-30(38-29)44-21-31(11-12-31)41-13-5-6-14-41/h4,7-9,23H,1,5-6,10-21H2,2H3/t23-/m0/s1. The summed E-state index contributed by atoms with van der Waals surface area (Å²) in [6, 6.07) is 4.55. The molecule has 0 unspecified atom stereocenters. The molecule has 6 rings (SSSR count). The minimum absolute atomic E-state index is 0.00252. The molecule has 0 N–H and O–H groups in total. The van der Waals surface area contributed by atoms with Crippen molar-refractivity contribution in [3.8, 4) is 6.01 Å². The molecule has 12 heteroatoms. The van der Waals surface area contributed by atoms with E-state index in [9.17, 15) is 18.0 Å². The molecule has 9 nitrogen and oxygen atoms in total. The van der Waals surface area contributed by atoms with Crippen LogP contribution in [0.1, 0.15) is 48.1 Å². The second-order valence-corrected chi connectivity index (χ2v) is 12.3. The Hall–Kier alpha value is -3.85. The Bertz CT molecular complexity index is 1460. The Balaban J connectivity index is 1.33. The number of alkyl halides is 3. The summed E-state index contributed by atoms with van der Waals surface area (Å²) in [6.07, 6.45) is 1.72. The summed E-state index contributed by atoms with van der Waals surface area (Å²) in [5.41, 5.74) is 1.22. The fourth-order valence-corrected chi connectivity index (χ4v) is 7.01. The van der Waals surface area contributed by atoms with Crippen LogP contribution in [-0.2, 0) is 23.9 Å². The second-order valence-electron chi connectivity index (χ2n) is 12.3. The van der Waals surface area contributed by atoms with Crippen molar-refractivity contribution in [3.05, 3.63) is 64.7 Å². The highest BCUT2D eigenvalue weighted by molar-refractivity contribution is 5.87. The van der Waals surface area contributed by atoms with E-state index in [-0.39, 0.29) is 47.8 Å². The predicted octanol–water partition coefficient (Wildman–Crippen LogP) is 4.50. The van der Waals surface area contributed by atoms with Gasteiger partial charge in [0.25, 0.3) is 0 Å². The molecule has 0 radical (unpaired) electrons. The summed E-state index contributed by atoms with van der Waals surface area (Å²) in [6.45, 7) is 17.1. The smallest absolute Gasteiger partial charge is 0.418 e. The van der Waals surface area contributed by atoms with Crippen LogP contribution in [0.25, 0.3) is 4.85 Å².